The second kappa shape index (κ2) is 7.98. The van der Waals surface area contributed by atoms with Crippen LogP contribution in [0.5, 0.6) is 0 Å². The molecule has 1 saturated carbocycles. The predicted octanol–water partition coefficient (Wildman–Crippen LogP) is 4.27. The first-order valence-electron chi connectivity index (χ1n) is 7.83. The van der Waals surface area contributed by atoms with Crippen molar-refractivity contribution in [1.29, 1.82) is 0 Å². The largest absolute Gasteiger partial charge is 0.385 e. The summed E-state index contributed by atoms with van der Waals surface area (Å²) in [4.78, 5) is 10.6. The first-order chi connectivity index (χ1) is 10.2. The normalized spacial score (nSPS) is 15.9. The van der Waals surface area contributed by atoms with Crippen molar-refractivity contribution in [1.82, 2.24) is 0 Å². The van der Waals surface area contributed by atoms with Crippen molar-refractivity contribution in [2.75, 3.05) is 11.9 Å². The molecule has 1 aliphatic carbocycles. The van der Waals surface area contributed by atoms with Gasteiger partial charge < -0.3 is 10.1 Å². The lowest BCUT2D eigenvalue weighted by Crippen LogP contribution is -2.17. The molecule has 1 aromatic rings. The summed E-state index contributed by atoms with van der Waals surface area (Å²) in [5, 5.41) is 14.2. The number of nitrogens with one attached hydrogen (secondary N) is 1. The van der Waals surface area contributed by atoms with Gasteiger partial charge in [-0.1, -0.05) is 26.2 Å². The molecule has 0 aromatic heterocycles. The summed E-state index contributed by atoms with van der Waals surface area (Å²) in [6, 6.07) is 4.95. The molecule has 5 heteroatoms. The van der Waals surface area contributed by atoms with Crippen LogP contribution in [0, 0.1) is 10.1 Å². The number of hydrogen-bond donors (Lipinski definition) is 1. The number of nitro benzene ring substituents is 1. The van der Waals surface area contributed by atoms with Gasteiger partial charge in [0.05, 0.1) is 17.6 Å². The maximum atomic E-state index is 10.9. The number of non-ortho nitro benzene ring substituents is 1. The van der Waals surface area contributed by atoms with Gasteiger partial charge in [-0.3, -0.25) is 10.1 Å². The van der Waals surface area contributed by atoms with Crippen LogP contribution in [0.1, 0.15) is 51.0 Å². The van der Waals surface area contributed by atoms with Crippen LogP contribution in [-0.4, -0.2) is 17.6 Å². The van der Waals surface area contributed by atoms with E-state index in [1.165, 1.54) is 19.3 Å². The Morgan fingerprint density at radius 1 is 1.33 bits per heavy atom. The van der Waals surface area contributed by atoms with Crippen molar-refractivity contribution in [3.05, 3.63) is 33.9 Å². The minimum Gasteiger partial charge on any atom is -0.385 e. The van der Waals surface area contributed by atoms with Crippen LogP contribution in [-0.2, 0) is 11.3 Å². The molecule has 1 N–H and O–H groups in total. The van der Waals surface area contributed by atoms with E-state index in [4.69, 9.17) is 4.74 Å². The molecule has 0 atom stereocenters. The summed E-state index contributed by atoms with van der Waals surface area (Å²) in [5.41, 5.74) is 1.95. The molecule has 116 valence electrons. The van der Waals surface area contributed by atoms with Gasteiger partial charge in [0.25, 0.3) is 5.69 Å². The standard InChI is InChI=1S/C16H24N2O3/c1-2-10-17-16-9-8-14(18(19)20)11-13(16)12-21-15-6-4-3-5-7-15/h8-9,11,15,17H,2-7,10,12H2,1H3. The minimum atomic E-state index is -0.353. The zero-order valence-corrected chi connectivity index (χ0v) is 12.6. The van der Waals surface area contributed by atoms with E-state index in [2.05, 4.69) is 12.2 Å². The molecule has 0 unspecified atom stereocenters. The van der Waals surface area contributed by atoms with Gasteiger partial charge in [-0.2, -0.15) is 0 Å². The Hall–Kier alpha value is -1.62. The van der Waals surface area contributed by atoms with Crippen LogP contribution in [0.2, 0.25) is 0 Å². The van der Waals surface area contributed by atoms with Gasteiger partial charge in [-0.25, -0.2) is 0 Å². The minimum absolute atomic E-state index is 0.124. The summed E-state index contributed by atoms with van der Waals surface area (Å²) in [6.07, 6.45) is 7.26. The van der Waals surface area contributed by atoms with E-state index < -0.39 is 0 Å². The Bertz CT molecular complexity index is 471. The number of nitrogens with zero attached hydrogens (tertiary/aromatic N) is 1. The molecule has 0 saturated heterocycles. The lowest BCUT2D eigenvalue weighted by atomic mass is 9.98. The van der Waals surface area contributed by atoms with E-state index in [-0.39, 0.29) is 10.6 Å². The molecule has 5 nitrogen and oxygen atoms in total. The molecule has 21 heavy (non-hydrogen) atoms. The Morgan fingerprint density at radius 3 is 2.76 bits per heavy atom. The van der Waals surface area contributed by atoms with Crippen molar-refractivity contribution in [2.45, 2.75) is 58.2 Å². The van der Waals surface area contributed by atoms with Gasteiger partial charge in [0.2, 0.25) is 0 Å². The molecule has 1 aromatic carbocycles. The zero-order valence-electron chi connectivity index (χ0n) is 12.6. The van der Waals surface area contributed by atoms with Gasteiger partial charge in [0.15, 0.2) is 0 Å². The first kappa shape index (κ1) is 15.8. The SMILES string of the molecule is CCCNc1ccc([N+](=O)[O-])cc1COC1CCCCC1. The van der Waals surface area contributed by atoms with Crippen molar-refractivity contribution >= 4 is 11.4 Å². The van der Waals surface area contributed by atoms with Gasteiger partial charge >= 0.3 is 0 Å². The van der Waals surface area contributed by atoms with Crippen molar-refractivity contribution in [2.24, 2.45) is 0 Å². The average Bonchev–Trinajstić information content (AvgIpc) is 2.52. The smallest absolute Gasteiger partial charge is 0.269 e. The molecule has 1 fully saturated rings. The van der Waals surface area contributed by atoms with E-state index in [1.807, 2.05) is 0 Å². The van der Waals surface area contributed by atoms with Gasteiger partial charge in [-0.15, -0.1) is 0 Å². The summed E-state index contributed by atoms with van der Waals surface area (Å²) < 4.78 is 5.96. The summed E-state index contributed by atoms with van der Waals surface area (Å²) in [6.45, 7) is 3.39. The number of nitro groups is 1. The quantitative estimate of drug-likeness (QED) is 0.602. The number of ether oxygens (including phenoxy) is 1. The molecule has 0 aliphatic heterocycles. The summed E-state index contributed by atoms with van der Waals surface area (Å²) >= 11 is 0. The molecule has 0 bridgehead atoms. The number of benzene rings is 1. The topological polar surface area (TPSA) is 64.4 Å². The Kier molecular flexibility index (Phi) is 5.99. The Balaban J connectivity index is 2.05. The summed E-state index contributed by atoms with van der Waals surface area (Å²) in [7, 11) is 0. The highest BCUT2D eigenvalue weighted by Gasteiger charge is 2.16. The number of rotatable bonds is 7. The fourth-order valence-corrected chi connectivity index (χ4v) is 2.68. The molecule has 1 aliphatic rings. The fraction of sp³-hybridized carbons (Fsp3) is 0.625. The van der Waals surface area contributed by atoms with Crippen LogP contribution < -0.4 is 5.32 Å². The van der Waals surface area contributed by atoms with E-state index in [1.54, 1.807) is 18.2 Å². The maximum Gasteiger partial charge on any atom is 0.269 e. The molecule has 0 heterocycles. The molecule has 2 rings (SSSR count). The monoisotopic (exact) mass is 292 g/mol. The highest BCUT2D eigenvalue weighted by Crippen LogP contribution is 2.26. The van der Waals surface area contributed by atoms with Crippen LogP contribution >= 0.6 is 0 Å². The first-order valence-corrected chi connectivity index (χ1v) is 7.83. The molecular weight excluding hydrogens is 268 g/mol. The molecule has 0 amide bonds. The lowest BCUT2D eigenvalue weighted by Gasteiger charge is -2.22. The summed E-state index contributed by atoms with van der Waals surface area (Å²) in [5.74, 6) is 0. The lowest BCUT2D eigenvalue weighted by molar-refractivity contribution is -0.384. The van der Waals surface area contributed by atoms with Crippen LogP contribution in [0.25, 0.3) is 0 Å². The van der Waals surface area contributed by atoms with Gasteiger partial charge in [0.1, 0.15) is 0 Å². The number of hydrogen-bond acceptors (Lipinski definition) is 4. The highest BCUT2D eigenvalue weighted by molar-refractivity contribution is 5.55. The Morgan fingerprint density at radius 2 is 2.10 bits per heavy atom. The number of anilines is 1. The fourth-order valence-electron chi connectivity index (χ4n) is 2.68. The van der Waals surface area contributed by atoms with Crippen LogP contribution in [0.3, 0.4) is 0 Å². The van der Waals surface area contributed by atoms with E-state index in [9.17, 15) is 10.1 Å². The molecule has 0 radical (unpaired) electrons. The molecule has 0 spiro atoms. The third-order valence-corrected chi connectivity index (χ3v) is 3.89. The highest BCUT2D eigenvalue weighted by atomic mass is 16.6. The Labute approximate surface area is 125 Å². The predicted molar refractivity (Wildman–Crippen MR) is 83.5 cm³/mol. The zero-order chi connectivity index (χ0) is 15.1. The third kappa shape index (κ3) is 4.70. The van der Waals surface area contributed by atoms with Crippen molar-refractivity contribution < 1.29 is 9.66 Å². The van der Waals surface area contributed by atoms with Crippen molar-refractivity contribution in [3.8, 4) is 0 Å². The van der Waals surface area contributed by atoms with Crippen molar-refractivity contribution in [3.63, 3.8) is 0 Å². The maximum absolute atomic E-state index is 10.9. The second-order valence-corrected chi connectivity index (χ2v) is 5.60. The molecular formula is C16H24N2O3. The van der Waals surface area contributed by atoms with Gasteiger partial charge in [0, 0.05) is 29.9 Å². The van der Waals surface area contributed by atoms with Crippen LogP contribution in [0.4, 0.5) is 11.4 Å². The van der Waals surface area contributed by atoms with Gasteiger partial charge in [-0.05, 0) is 25.3 Å². The third-order valence-electron chi connectivity index (χ3n) is 3.89. The van der Waals surface area contributed by atoms with E-state index in [0.717, 1.165) is 37.1 Å². The average molecular weight is 292 g/mol. The van der Waals surface area contributed by atoms with Crippen LogP contribution in [0.15, 0.2) is 18.2 Å². The second-order valence-electron chi connectivity index (χ2n) is 5.60. The van der Waals surface area contributed by atoms with E-state index >= 15 is 0 Å². The van der Waals surface area contributed by atoms with E-state index in [0.29, 0.717) is 12.7 Å².